The standard InChI is InChI=1S/C13H12ClIN4O3/c1-19-6-9(15)11(17-19)13(20)22-18-12(16)8-5-7(14)3-4-10(8)21-2/h3-6H,1-2H3,(H2,16,18). The number of carbonyl (C=O) groups excluding carboxylic acids is 1. The lowest BCUT2D eigenvalue weighted by atomic mass is 10.2. The smallest absolute Gasteiger partial charge is 0.386 e. The maximum atomic E-state index is 11.9. The minimum atomic E-state index is -0.700. The molecule has 0 radical (unpaired) electrons. The number of rotatable bonds is 4. The summed E-state index contributed by atoms with van der Waals surface area (Å²) < 4.78 is 7.32. The van der Waals surface area contributed by atoms with Crippen LogP contribution in [0.2, 0.25) is 5.02 Å². The molecule has 116 valence electrons. The van der Waals surface area contributed by atoms with E-state index in [4.69, 9.17) is 26.9 Å². The van der Waals surface area contributed by atoms with Gasteiger partial charge in [-0.2, -0.15) is 5.10 Å². The van der Waals surface area contributed by atoms with Crippen LogP contribution in [0.4, 0.5) is 0 Å². The van der Waals surface area contributed by atoms with Crippen LogP contribution in [0.15, 0.2) is 29.6 Å². The number of hydrogen-bond acceptors (Lipinski definition) is 5. The topological polar surface area (TPSA) is 91.7 Å². The number of benzene rings is 1. The van der Waals surface area contributed by atoms with Gasteiger partial charge in [0, 0.05) is 18.3 Å². The highest BCUT2D eigenvalue weighted by atomic mass is 127. The van der Waals surface area contributed by atoms with Gasteiger partial charge < -0.3 is 15.3 Å². The number of halogens is 2. The third-order valence-electron chi connectivity index (χ3n) is 2.64. The molecule has 0 saturated carbocycles. The Bertz CT molecular complexity index is 745. The zero-order chi connectivity index (χ0) is 16.3. The first-order valence-electron chi connectivity index (χ1n) is 6.00. The summed E-state index contributed by atoms with van der Waals surface area (Å²) in [7, 11) is 3.19. The van der Waals surface area contributed by atoms with Crippen molar-refractivity contribution in [3.05, 3.63) is 44.2 Å². The number of aromatic nitrogens is 2. The molecule has 0 unspecified atom stereocenters. The molecule has 0 bridgehead atoms. The molecular formula is C13H12ClIN4O3. The van der Waals surface area contributed by atoms with Crippen LogP contribution in [0.25, 0.3) is 0 Å². The first-order valence-corrected chi connectivity index (χ1v) is 7.46. The molecule has 1 aromatic heterocycles. The summed E-state index contributed by atoms with van der Waals surface area (Å²) in [5.74, 6) is -0.262. The van der Waals surface area contributed by atoms with Gasteiger partial charge >= 0.3 is 5.97 Å². The summed E-state index contributed by atoms with van der Waals surface area (Å²) in [5, 5.41) is 8.07. The minimum Gasteiger partial charge on any atom is -0.496 e. The second-order valence-corrected chi connectivity index (χ2v) is 5.80. The van der Waals surface area contributed by atoms with Gasteiger partial charge in [-0.15, -0.1) is 0 Å². The van der Waals surface area contributed by atoms with Crippen LogP contribution in [0, 0.1) is 3.57 Å². The van der Waals surface area contributed by atoms with E-state index in [1.807, 2.05) is 22.6 Å². The molecule has 0 spiro atoms. The number of carbonyl (C=O) groups is 1. The van der Waals surface area contributed by atoms with Crippen molar-refractivity contribution in [1.82, 2.24) is 9.78 Å². The lowest BCUT2D eigenvalue weighted by molar-refractivity contribution is 0.0507. The van der Waals surface area contributed by atoms with Crippen LogP contribution >= 0.6 is 34.2 Å². The monoisotopic (exact) mass is 434 g/mol. The van der Waals surface area contributed by atoms with Gasteiger partial charge in [0.2, 0.25) is 0 Å². The lowest BCUT2D eigenvalue weighted by Gasteiger charge is -2.07. The van der Waals surface area contributed by atoms with Crippen LogP contribution in [0.5, 0.6) is 5.75 Å². The number of nitrogens with two attached hydrogens (primary N) is 1. The van der Waals surface area contributed by atoms with Gasteiger partial charge in [0.05, 0.1) is 16.2 Å². The van der Waals surface area contributed by atoms with Crippen LogP contribution in [-0.2, 0) is 11.9 Å². The van der Waals surface area contributed by atoms with E-state index in [2.05, 4.69) is 10.3 Å². The van der Waals surface area contributed by atoms with E-state index in [-0.39, 0.29) is 11.5 Å². The molecule has 1 aromatic carbocycles. The summed E-state index contributed by atoms with van der Waals surface area (Å²) in [6.07, 6.45) is 1.68. The fourth-order valence-corrected chi connectivity index (χ4v) is 2.56. The van der Waals surface area contributed by atoms with Crippen LogP contribution < -0.4 is 10.5 Å². The van der Waals surface area contributed by atoms with E-state index in [1.165, 1.54) is 11.8 Å². The van der Waals surface area contributed by atoms with Gasteiger partial charge in [0.15, 0.2) is 11.5 Å². The average molecular weight is 435 g/mol. The van der Waals surface area contributed by atoms with E-state index in [1.54, 1.807) is 31.4 Å². The summed E-state index contributed by atoms with van der Waals surface area (Å²) in [5.41, 5.74) is 6.41. The zero-order valence-corrected chi connectivity index (χ0v) is 14.6. The lowest BCUT2D eigenvalue weighted by Crippen LogP contribution is -2.16. The van der Waals surface area contributed by atoms with Crippen molar-refractivity contribution in [3.63, 3.8) is 0 Å². The van der Waals surface area contributed by atoms with Crippen molar-refractivity contribution in [2.75, 3.05) is 7.11 Å². The van der Waals surface area contributed by atoms with Gasteiger partial charge in [-0.1, -0.05) is 16.8 Å². The number of aryl methyl sites for hydroxylation is 1. The van der Waals surface area contributed by atoms with E-state index >= 15 is 0 Å². The second-order valence-electron chi connectivity index (χ2n) is 4.20. The predicted molar refractivity (Wildman–Crippen MR) is 90.1 cm³/mol. The van der Waals surface area contributed by atoms with Gasteiger partial charge in [0.25, 0.3) is 0 Å². The van der Waals surface area contributed by atoms with Gasteiger partial charge in [-0.05, 0) is 40.8 Å². The molecule has 22 heavy (non-hydrogen) atoms. The van der Waals surface area contributed by atoms with Crippen molar-refractivity contribution in [1.29, 1.82) is 0 Å². The number of ether oxygens (including phenoxy) is 1. The molecule has 0 aliphatic heterocycles. The van der Waals surface area contributed by atoms with E-state index in [0.29, 0.717) is 19.9 Å². The number of hydrogen-bond donors (Lipinski definition) is 1. The second kappa shape index (κ2) is 6.97. The molecule has 0 atom stereocenters. The number of amidine groups is 1. The summed E-state index contributed by atoms with van der Waals surface area (Å²) in [4.78, 5) is 16.7. The maximum Gasteiger partial charge on any atom is 0.386 e. The molecular weight excluding hydrogens is 423 g/mol. The van der Waals surface area contributed by atoms with E-state index in [0.717, 1.165) is 0 Å². The van der Waals surface area contributed by atoms with E-state index < -0.39 is 5.97 Å². The molecule has 0 saturated heterocycles. The van der Waals surface area contributed by atoms with Crippen molar-refractivity contribution in [3.8, 4) is 5.75 Å². The fraction of sp³-hybridized carbons (Fsp3) is 0.154. The van der Waals surface area contributed by atoms with E-state index in [9.17, 15) is 4.79 Å². The third kappa shape index (κ3) is 3.69. The number of oxime groups is 1. The highest BCUT2D eigenvalue weighted by Gasteiger charge is 2.17. The Labute approximate surface area is 145 Å². The molecule has 0 aliphatic rings. The largest absolute Gasteiger partial charge is 0.496 e. The predicted octanol–water partition coefficient (Wildman–Crippen LogP) is 2.16. The molecule has 9 heteroatoms. The Morgan fingerprint density at radius 2 is 2.23 bits per heavy atom. The van der Waals surface area contributed by atoms with Crippen molar-refractivity contribution in [2.24, 2.45) is 17.9 Å². The molecule has 2 aromatic rings. The molecule has 0 amide bonds. The highest BCUT2D eigenvalue weighted by Crippen LogP contribution is 2.22. The Hall–Kier alpha value is -1.81. The Morgan fingerprint density at radius 3 is 2.82 bits per heavy atom. The molecule has 0 fully saturated rings. The van der Waals surface area contributed by atoms with Gasteiger partial charge in [-0.3, -0.25) is 4.68 Å². The molecule has 2 N–H and O–H groups in total. The van der Waals surface area contributed by atoms with Crippen molar-refractivity contribution >= 4 is 46.0 Å². The summed E-state index contributed by atoms with van der Waals surface area (Å²) >= 11 is 7.89. The quantitative estimate of drug-likeness (QED) is 0.262. The Balaban J connectivity index is 2.21. The fourth-order valence-electron chi connectivity index (χ4n) is 1.66. The van der Waals surface area contributed by atoms with Crippen molar-refractivity contribution in [2.45, 2.75) is 0 Å². The molecule has 1 heterocycles. The van der Waals surface area contributed by atoms with Gasteiger partial charge in [0.1, 0.15) is 5.75 Å². The third-order valence-corrected chi connectivity index (χ3v) is 3.67. The first-order chi connectivity index (χ1) is 10.4. The minimum absolute atomic E-state index is 0.0290. The SMILES string of the molecule is COc1ccc(Cl)cc1/C(N)=N/OC(=O)c1nn(C)cc1I. The van der Waals surface area contributed by atoms with Crippen LogP contribution in [-0.4, -0.2) is 28.7 Å². The number of methoxy groups -OCH3 is 1. The normalized spacial score (nSPS) is 11.4. The molecule has 0 aliphatic carbocycles. The highest BCUT2D eigenvalue weighted by molar-refractivity contribution is 14.1. The zero-order valence-electron chi connectivity index (χ0n) is 11.7. The summed E-state index contributed by atoms with van der Waals surface area (Å²) in [6, 6.07) is 4.86. The first kappa shape index (κ1) is 16.6. The number of nitrogens with zero attached hydrogens (tertiary/aromatic N) is 3. The Kier molecular flexibility index (Phi) is 5.24. The van der Waals surface area contributed by atoms with Crippen molar-refractivity contribution < 1.29 is 14.4 Å². The molecule has 2 rings (SSSR count). The molecule has 7 nitrogen and oxygen atoms in total. The summed E-state index contributed by atoms with van der Waals surface area (Å²) in [6.45, 7) is 0. The Morgan fingerprint density at radius 1 is 1.50 bits per heavy atom. The van der Waals surface area contributed by atoms with Gasteiger partial charge in [-0.25, -0.2) is 4.79 Å². The average Bonchev–Trinajstić information content (AvgIpc) is 2.83. The van der Waals surface area contributed by atoms with Crippen LogP contribution in [0.1, 0.15) is 16.1 Å². The maximum absolute atomic E-state index is 11.9. The van der Waals surface area contributed by atoms with Crippen LogP contribution in [0.3, 0.4) is 0 Å².